The molecule has 84 valence electrons. The van der Waals surface area contributed by atoms with Gasteiger partial charge in [-0.2, -0.15) is 22.0 Å². The number of hydrogen-bond acceptors (Lipinski definition) is 0. The highest BCUT2D eigenvalue weighted by Gasteiger charge is 2.63. The fourth-order valence-electron chi connectivity index (χ4n) is 0.882. The molecule has 0 N–H and O–H groups in total. The Morgan fingerprint density at radius 3 is 1.86 bits per heavy atom. The summed E-state index contributed by atoms with van der Waals surface area (Å²) >= 11 is 0. The molecule has 0 saturated heterocycles. The van der Waals surface area contributed by atoms with Crippen LogP contribution in [0.3, 0.4) is 0 Å². The van der Waals surface area contributed by atoms with E-state index < -0.39 is 30.6 Å². The minimum atomic E-state index is -5.57. The number of rotatable bonds is 4. The van der Waals surface area contributed by atoms with Gasteiger partial charge in [0.25, 0.3) is 5.67 Å². The summed E-state index contributed by atoms with van der Waals surface area (Å²) in [5.74, 6) is -0.858. The summed E-state index contributed by atoms with van der Waals surface area (Å²) in [5.41, 5.74) is -4.50. The van der Waals surface area contributed by atoms with E-state index in [2.05, 4.69) is 6.92 Å². The molecule has 0 saturated carbocycles. The summed E-state index contributed by atoms with van der Waals surface area (Å²) in [6.07, 6.45) is -10.1. The van der Waals surface area contributed by atoms with Gasteiger partial charge in [-0.1, -0.05) is 20.3 Å². The van der Waals surface area contributed by atoms with Gasteiger partial charge in [0.05, 0.1) is 0 Å². The predicted molar refractivity (Wildman–Crippen MR) is 39.1 cm³/mol. The maximum atomic E-state index is 12.9. The van der Waals surface area contributed by atoms with Crippen LogP contribution in [-0.2, 0) is 0 Å². The Labute approximate surface area is 78.3 Å². The van der Waals surface area contributed by atoms with E-state index in [-0.39, 0.29) is 6.42 Å². The van der Waals surface area contributed by atoms with Gasteiger partial charge in [-0.25, -0.2) is 4.39 Å². The Morgan fingerprint density at radius 2 is 1.64 bits per heavy atom. The van der Waals surface area contributed by atoms with E-state index in [4.69, 9.17) is 0 Å². The first kappa shape index (κ1) is 13.6. The number of halogens is 6. The van der Waals surface area contributed by atoms with Crippen molar-refractivity contribution in [2.24, 2.45) is 5.92 Å². The SMILES string of the molecule is [CH2]CC(C)CC(F)([C](F)F)C(F)(F)F. The number of alkyl halides is 4. The summed E-state index contributed by atoms with van der Waals surface area (Å²) in [5, 5.41) is 0. The lowest BCUT2D eigenvalue weighted by atomic mass is 9.91. The Bertz CT molecular complexity index is 175. The Balaban J connectivity index is 4.74. The zero-order valence-corrected chi connectivity index (χ0v) is 7.47. The molecular weight excluding hydrogens is 210 g/mol. The lowest BCUT2D eigenvalue weighted by molar-refractivity contribution is -0.248. The third kappa shape index (κ3) is 2.78. The molecule has 14 heavy (non-hydrogen) atoms. The first-order valence-electron chi connectivity index (χ1n) is 3.88. The summed E-state index contributed by atoms with van der Waals surface area (Å²) in [7, 11) is 0. The van der Waals surface area contributed by atoms with Crippen LogP contribution in [0.1, 0.15) is 19.8 Å². The minimum absolute atomic E-state index is 0.0327. The van der Waals surface area contributed by atoms with Gasteiger partial charge in [-0.15, -0.1) is 0 Å². The first-order chi connectivity index (χ1) is 6.15. The molecule has 0 aromatic heterocycles. The van der Waals surface area contributed by atoms with E-state index in [9.17, 15) is 26.3 Å². The van der Waals surface area contributed by atoms with Crippen molar-refractivity contribution in [2.75, 3.05) is 0 Å². The molecule has 0 aliphatic rings. The van der Waals surface area contributed by atoms with Gasteiger partial charge in [-0.05, 0) is 12.3 Å². The van der Waals surface area contributed by atoms with Gasteiger partial charge in [0, 0.05) is 0 Å². The summed E-state index contributed by atoms with van der Waals surface area (Å²) in [4.78, 5) is 0. The van der Waals surface area contributed by atoms with E-state index in [1.165, 1.54) is 6.92 Å². The van der Waals surface area contributed by atoms with Crippen LogP contribution in [0.4, 0.5) is 26.3 Å². The lowest BCUT2D eigenvalue weighted by Crippen LogP contribution is -2.44. The molecule has 6 heteroatoms. The summed E-state index contributed by atoms with van der Waals surface area (Å²) in [6.45, 7) is 4.46. The van der Waals surface area contributed by atoms with Crippen molar-refractivity contribution in [2.45, 2.75) is 31.6 Å². The van der Waals surface area contributed by atoms with Crippen molar-refractivity contribution >= 4 is 0 Å². The van der Waals surface area contributed by atoms with Crippen molar-refractivity contribution in [3.05, 3.63) is 13.3 Å². The van der Waals surface area contributed by atoms with Crippen molar-refractivity contribution < 1.29 is 26.3 Å². The third-order valence-electron chi connectivity index (χ3n) is 1.87. The highest BCUT2D eigenvalue weighted by Crippen LogP contribution is 2.46. The molecule has 2 unspecified atom stereocenters. The molecule has 0 fully saturated rings. The molecule has 2 radical (unpaired) electrons. The largest absolute Gasteiger partial charge is 0.428 e. The standard InChI is InChI=1S/C8H10F6/c1-3-5(2)4-7(11,6(9)10)8(12,13)14/h5H,1,3-4H2,2H3. The second-order valence-corrected chi connectivity index (χ2v) is 3.16. The molecule has 0 rings (SSSR count). The van der Waals surface area contributed by atoms with Crippen LogP contribution in [-0.4, -0.2) is 11.8 Å². The van der Waals surface area contributed by atoms with Gasteiger partial charge in [-0.3, -0.25) is 0 Å². The molecule has 0 aliphatic heterocycles. The molecule has 0 aliphatic carbocycles. The highest BCUT2D eigenvalue weighted by molar-refractivity contribution is 5.00. The van der Waals surface area contributed by atoms with Crippen LogP contribution in [0.25, 0.3) is 0 Å². The number of hydrogen-bond donors (Lipinski definition) is 0. The summed E-state index contributed by atoms with van der Waals surface area (Å²) < 4.78 is 72.5. The van der Waals surface area contributed by atoms with Crippen molar-refractivity contribution in [1.82, 2.24) is 0 Å². The highest BCUT2D eigenvalue weighted by atomic mass is 19.4. The van der Waals surface area contributed by atoms with Gasteiger partial charge in [0.1, 0.15) is 0 Å². The van der Waals surface area contributed by atoms with Crippen LogP contribution >= 0.6 is 0 Å². The molecule has 0 bridgehead atoms. The minimum Gasteiger partial charge on any atom is -0.227 e. The average Bonchev–Trinajstić information content (AvgIpc) is 2.01. The van der Waals surface area contributed by atoms with Crippen molar-refractivity contribution in [3.8, 4) is 0 Å². The van der Waals surface area contributed by atoms with E-state index >= 15 is 0 Å². The topological polar surface area (TPSA) is 0 Å². The molecule has 0 spiro atoms. The normalized spacial score (nSPS) is 19.5. The molecule has 0 aromatic rings. The zero-order valence-electron chi connectivity index (χ0n) is 7.47. The maximum Gasteiger partial charge on any atom is 0.428 e. The molecule has 0 heterocycles. The molecule has 0 nitrogen and oxygen atoms in total. The van der Waals surface area contributed by atoms with E-state index in [0.29, 0.717) is 0 Å². The van der Waals surface area contributed by atoms with Gasteiger partial charge < -0.3 is 0 Å². The second kappa shape index (κ2) is 4.40. The van der Waals surface area contributed by atoms with Crippen LogP contribution in [0.15, 0.2) is 0 Å². The van der Waals surface area contributed by atoms with Crippen molar-refractivity contribution in [3.63, 3.8) is 0 Å². The van der Waals surface area contributed by atoms with Crippen LogP contribution < -0.4 is 0 Å². The second-order valence-electron chi connectivity index (χ2n) is 3.16. The maximum absolute atomic E-state index is 12.9. The van der Waals surface area contributed by atoms with Crippen molar-refractivity contribution in [1.29, 1.82) is 0 Å². The Kier molecular flexibility index (Phi) is 4.27. The molecular formula is C8H10F6. The van der Waals surface area contributed by atoms with Crippen LogP contribution in [0.5, 0.6) is 0 Å². The third-order valence-corrected chi connectivity index (χ3v) is 1.87. The Hall–Kier alpha value is -0.420. The smallest absolute Gasteiger partial charge is 0.227 e. The first-order valence-corrected chi connectivity index (χ1v) is 3.88. The Morgan fingerprint density at radius 1 is 1.21 bits per heavy atom. The van der Waals surface area contributed by atoms with E-state index in [1.807, 2.05) is 0 Å². The van der Waals surface area contributed by atoms with Gasteiger partial charge in [0.15, 0.2) is 0 Å². The van der Waals surface area contributed by atoms with E-state index in [1.54, 1.807) is 0 Å². The van der Waals surface area contributed by atoms with Crippen LogP contribution in [0, 0.1) is 19.3 Å². The van der Waals surface area contributed by atoms with Gasteiger partial charge >= 0.3 is 12.6 Å². The summed E-state index contributed by atoms with van der Waals surface area (Å²) in [6, 6.07) is 0. The fourth-order valence-corrected chi connectivity index (χ4v) is 0.882. The van der Waals surface area contributed by atoms with Gasteiger partial charge in [0.2, 0.25) is 0 Å². The molecule has 2 atom stereocenters. The molecule has 0 amide bonds. The zero-order chi connectivity index (χ0) is 11.6. The predicted octanol–water partition coefficient (Wildman–Crippen LogP) is 3.94. The molecule has 0 aromatic carbocycles. The lowest BCUT2D eigenvalue weighted by Gasteiger charge is -2.28. The quantitative estimate of drug-likeness (QED) is 0.629. The average molecular weight is 220 g/mol. The monoisotopic (exact) mass is 220 g/mol. The van der Waals surface area contributed by atoms with Crippen LogP contribution in [0.2, 0.25) is 0 Å². The van der Waals surface area contributed by atoms with E-state index in [0.717, 1.165) is 0 Å². The fraction of sp³-hybridized carbons (Fsp3) is 0.750.